The van der Waals surface area contributed by atoms with Crippen molar-refractivity contribution in [2.75, 3.05) is 41.2 Å². The third-order valence-electron chi connectivity index (χ3n) is 4.68. The maximum atomic E-state index is 5.54. The van der Waals surface area contributed by atoms with Crippen molar-refractivity contribution < 1.29 is 23.7 Å². The van der Waals surface area contributed by atoms with Gasteiger partial charge >= 0.3 is 0 Å². The molecule has 8 nitrogen and oxygen atoms in total. The average molecular weight is 415 g/mol. The van der Waals surface area contributed by atoms with Crippen LogP contribution in [0.5, 0.6) is 28.7 Å². The Balaban J connectivity index is 1.64. The molecule has 1 aliphatic rings. The minimum atomic E-state index is 0.286. The van der Waals surface area contributed by atoms with E-state index in [0.717, 1.165) is 42.5 Å². The van der Waals surface area contributed by atoms with Gasteiger partial charge in [0, 0.05) is 18.7 Å². The Hall–Kier alpha value is -3.29. The van der Waals surface area contributed by atoms with Gasteiger partial charge in [-0.3, -0.25) is 0 Å². The topological polar surface area (TPSA) is 82.6 Å². The Labute approximate surface area is 177 Å². The van der Waals surface area contributed by atoms with Crippen LogP contribution in [-0.2, 0) is 13.0 Å². The highest BCUT2D eigenvalue weighted by Crippen LogP contribution is 2.40. The fourth-order valence-corrected chi connectivity index (χ4v) is 3.22. The molecule has 2 N–H and O–H groups in total. The standard InChI is InChI=1S/C22H29N3O5/c1-5-23-22(24-11-10-15-6-8-17-19(12-15)30-14-29-17)25-13-16-7-9-18(26-2)21(28-4)20(16)27-3/h6-9,12H,5,10-11,13-14H2,1-4H3,(H2,23,24,25). The zero-order valence-corrected chi connectivity index (χ0v) is 17.9. The molecule has 0 saturated carbocycles. The lowest BCUT2D eigenvalue weighted by molar-refractivity contribution is 0.174. The Bertz CT molecular complexity index is 885. The smallest absolute Gasteiger partial charge is 0.231 e. The summed E-state index contributed by atoms with van der Waals surface area (Å²) in [6, 6.07) is 9.79. The maximum absolute atomic E-state index is 5.54. The summed E-state index contributed by atoms with van der Waals surface area (Å²) in [5.74, 6) is 4.13. The van der Waals surface area contributed by atoms with Crippen molar-refractivity contribution in [1.82, 2.24) is 10.6 Å². The first-order chi connectivity index (χ1) is 14.7. The molecule has 2 aromatic rings. The summed E-state index contributed by atoms with van der Waals surface area (Å²) < 4.78 is 27.1. The van der Waals surface area contributed by atoms with Gasteiger partial charge in [-0.25, -0.2) is 4.99 Å². The molecule has 0 radical (unpaired) electrons. The van der Waals surface area contributed by atoms with Gasteiger partial charge in [-0.1, -0.05) is 6.07 Å². The second-order valence-electron chi connectivity index (χ2n) is 6.55. The van der Waals surface area contributed by atoms with E-state index in [0.29, 0.717) is 23.8 Å². The molecule has 0 fully saturated rings. The quantitative estimate of drug-likeness (QED) is 0.481. The number of nitrogens with zero attached hydrogens (tertiary/aromatic N) is 1. The molecule has 2 aromatic carbocycles. The van der Waals surface area contributed by atoms with E-state index in [1.165, 1.54) is 5.56 Å². The first-order valence-corrected chi connectivity index (χ1v) is 9.88. The van der Waals surface area contributed by atoms with Gasteiger partial charge < -0.3 is 34.3 Å². The highest BCUT2D eigenvalue weighted by molar-refractivity contribution is 5.79. The van der Waals surface area contributed by atoms with Gasteiger partial charge in [-0.15, -0.1) is 0 Å². The summed E-state index contributed by atoms with van der Waals surface area (Å²) in [6.07, 6.45) is 0.834. The predicted molar refractivity (Wildman–Crippen MR) is 115 cm³/mol. The number of rotatable bonds is 9. The van der Waals surface area contributed by atoms with Crippen LogP contribution in [0.4, 0.5) is 0 Å². The van der Waals surface area contributed by atoms with Crippen molar-refractivity contribution in [2.45, 2.75) is 19.9 Å². The molecular weight excluding hydrogens is 386 g/mol. The van der Waals surface area contributed by atoms with Crippen LogP contribution in [0.1, 0.15) is 18.1 Å². The van der Waals surface area contributed by atoms with Crippen molar-refractivity contribution in [3.05, 3.63) is 41.5 Å². The first-order valence-electron chi connectivity index (χ1n) is 9.88. The van der Waals surface area contributed by atoms with E-state index in [4.69, 9.17) is 23.7 Å². The molecule has 0 saturated heterocycles. The summed E-state index contributed by atoms with van der Waals surface area (Å²) in [4.78, 5) is 4.69. The molecule has 0 amide bonds. The number of guanidine groups is 1. The third-order valence-corrected chi connectivity index (χ3v) is 4.68. The number of hydrogen-bond donors (Lipinski definition) is 2. The van der Waals surface area contributed by atoms with E-state index >= 15 is 0 Å². The molecule has 30 heavy (non-hydrogen) atoms. The minimum absolute atomic E-state index is 0.286. The molecule has 0 aliphatic carbocycles. The van der Waals surface area contributed by atoms with Crippen molar-refractivity contribution in [3.8, 4) is 28.7 Å². The molecule has 0 atom stereocenters. The maximum Gasteiger partial charge on any atom is 0.231 e. The monoisotopic (exact) mass is 415 g/mol. The van der Waals surface area contributed by atoms with Crippen molar-refractivity contribution >= 4 is 5.96 Å². The second kappa shape index (κ2) is 10.5. The van der Waals surface area contributed by atoms with Gasteiger partial charge in [0.15, 0.2) is 29.0 Å². The molecule has 162 valence electrons. The van der Waals surface area contributed by atoms with Gasteiger partial charge in [0.25, 0.3) is 0 Å². The summed E-state index contributed by atoms with van der Waals surface area (Å²) >= 11 is 0. The van der Waals surface area contributed by atoms with Gasteiger partial charge in [-0.05, 0) is 43.2 Å². The molecule has 0 aromatic heterocycles. The van der Waals surface area contributed by atoms with E-state index in [2.05, 4.69) is 15.6 Å². The molecular formula is C22H29N3O5. The molecule has 0 unspecified atom stereocenters. The third kappa shape index (κ3) is 5.00. The zero-order valence-electron chi connectivity index (χ0n) is 17.9. The summed E-state index contributed by atoms with van der Waals surface area (Å²) in [5.41, 5.74) is 2.08. The van der Waals surface area contributed by atoms with Gasteiger partial charge in [-0.2, -0.15) is 0 Å². The number of benzene rings is 2. The van der Waals surface area contributed by atoms with Gasteiger partial charge in [0.1, 0.15) is 0 Å². The van der Waals surface area contributed by atoms with Gasteiger partial charge in [0.2, 0.25) is 12.5 Å². The number of methoxy groups -OCH3 is 3. The lowest BCUT2D eigenvalue weighted by atomic mass is 10.1. The summed E-state index contributed by atoms with van der Waals surface area (Å²) in [7, 11) is 4.80. The van der Waals surface area contributed by atoms with Crippen LogP contribution in [-0.4, -0.2) is 47.2 Å². The highest BCUT2D eigenvalue weighted by atomic mass is 16.7. The number of hydrogen-bond acceptors (Lipinski definition) is 6. The fourth-order valence-electron chi connectivity index (χ4n) is 3.22. The van der Waals surface area contributed by atoms with E-state index in [-0.39, 0.29) is 6.79 Å². The lowest BCUT2D eigenvalue weighted by Gasteiger charge is -2.16. The van der Waals surface area contributed by atoms with E-state index < -0.39 is 0 Å². The fraction of sp³-hybridized carbons (Fsp3) is 0.409. The van der Waals surface area contributed by atoms with Crippen LogP contribution in [0.2, 0.25) is 0 Å². The molecule has 0 bridgehead atoms. The first kappa shape index (κ1) is 21.4. The van der Waals surface area contributed by atoms with Crippen LogP contribution in [0.25, 0.3) is 0 Å². The van der Waals surface area contributed by atoms with Crippen LogP contribution in [0.3, 0.4) is 0 Å². The zero-order chi connectivity index (χ0) is 21.3. The van der Waals surface area contributed by atoms with E-state index in [9.17, 15) is 0 Å². The Morgan fingerprint density at radius 3 is 2.50 bits per heavy atom. The van der Waals surface area contributed by atoms with Crippen LogP contribution >= 0.6 is 0 Å². The van der Waals surface area contributed by atoms with E-state index in [1.807, 2.05) is 37.3 Å². The highest BCUT2D eigenvalue weighted by Gasteiger charge is 2.16. The average Bonchev–Trinajstić information content (AvgIpc) is 3.24. The Morgan fingerprint density at radius 2 is 1.77 bits per heavy atom. The normalized spacial score (nSPS) is 12.5. The van der Waals surface area contributed by atoms with E-state index in [1.54, 1.807) is 21.3 Å². The molecule has 3 rings (SSSR count). The summed E-state index contributed by atoms with van der Waals surface area (Å²) in [6.45, 7) is 4.25. The number of ether oxygens (including phenoxy) is 5. The molecule has 8 heteroatoms. The van der Waals surface area contributed by atoms with Crippen LogP contribution in [0.15, 0.2) is 35.3 Å². The van der Waals surface area contributed by atoms with Crippen LogP contribution in [0, 0.1) is 0 Å². The van der Waals surface area contributed by atoms with Crippen LogP contribution < -0.4 is 34.3 Å². The number of aliphatic imine (C=N–C) groups is 1. The number of nitrogens with one attached hydrogen (secondary N) is 2. The number of fused-ring (bicyclic) bond motifs is 1. The molecule has 0 spiro atoms. The molecule has 1 heterocycles. The molecule has 1 aliphatic heterocycles. The van der Waals surface area contributed by atoms with Crippen molar-refractivity contribution in [2.24, 2.45) is 4.99 Å². The predicted octanol–water partition coefficient (Wildman–Crippen LogP) is 2.74. The Kier molecular flexibility index (Phi) is 7.48. The van der Waals surface area contributed by atoms with Crippen molar-refractivity contribution in [1.29, 1.82) is 0 Å². The Morgan fingerprint density at radius 1 is 0.967 bits per heavy atom. The minimum Gasteiger partial charge on any atom is -0.493 e. The largest absolute Gasteiger partial charge is 0.493 e. The summed E-state index contributed by atoms with van der Waals surface area (Å²) in [5, 5.41) is 6.63. The second-order valence-corrected chi connectivity index (χ2v) is 6.55. The van der Waals surface area contributed by atoms with Gasteiger partial charge in [0.05, 0.1) is 27.9 Å². The SMILES string of the molecule is CCNC(=NCc1ccc(OC)c(OC)c1OC)NCCc1ccc2c(c1)OCO2. The lowest BCUT2D eigenvalue weighted by Crippen LogP contribution is -2.38. The van der Waals surface area contributed by atoms with Crippen molar-refractivity contribution in [3.63, 3.8) is 0 Å².